The third-order valence-corrected chi connectivity index (χ3v) is 3.39. The van der Waals surface area contributed by atoms with Crippen LogP contribution in [0.5, 0.6) is 5.75 Å². The average molecular weight is 258 g/mol. The molecular formula is C16H22N2O. The van der Waals surface area contributed by atoms with Gasteiger partial charge in [0.2, 0.25) is 0 Å². The molecule has 0 radical (unpaired) electrons. The summed E-state index contributed by atoms with van der Waals surface area (Å²) in [5.41, 5.74) is 4.04. The molecule has 2 aromatic rings. The molecule has 0 bridgehead atoms. The van der Waals surface area contributed by atoms with E-state index in [1.165, 1.54) is 0 Å². The number of phenols is 1. The summed E-state index contributed by atoms with van der Waals surface area (Å²) >= 11 is 0. The Balaban J connectivity index is 2.23. The van der Waals surface area contributed by atoms with Crippen molar-refractivity contribution in [1.82, 2.24) is 9.78 Å². The number of phenolic OH excluding ortho intramolecular Hbond substituents is 1. The first-order valence-electron chi connectivity index (χ1n) is 6.80. The molecule has 0 aliphatic carbocycles. The lowest BCUT2D eigenvalue weighted by molar-refractivity contribution is 0.467. The Morgan fingerprint density at radius 1 is 1.16 bits per heavy atom. The largest absolute Gasteiger partial charge is 0.507 e. The van der Waals surface area contributed by atoms with E-state index in [2.05, 4.69) is 25.1 Å². The lowest BCUT2D eigenvalue weighted by Gasteiger charge is -2.06. The van der Waals surface area contributed by atoms with Crippen LogP contribution < -0.4 is 0 Å². The molecule has 2 rings (SSSR count). The Hall–Kier alpha value is -1.77. The number of nitrogens with zero attached hydrogens (tertiary/aromatic N) is 2. The maximum Gasteiger partial charge on any atom is 0.121 e. The molecule has 0 saturated heterocycles. The third kappa shape index (κ3) is 3.16. The van der Waals surface area contributed by atoms with Crippen LogP contribution in [0.25, 0.3) is 11.1 Å². The van der Waals surface area contributed by atoms with E-state index in [-0.39, 0.29) is 0 Å². The number of aryl methyl sites for hydroxylation is 3. The molecule has 1 heterocycles. The normalized spacial score (nSPS) is 11.2. The molecule has 0 fully saturated rings. The Kier molecular flexibility index (Phi) is 3.93. The van der Waals surface area contributed by atoms with E-state index in [0.717, 1.165) is 35.2 Å². The fraction of sp³-hybridized carbons (Fsp3) is 0.438. The van der Waals surface area contributed by atoms with Gasteiger partial charge in [0, 0.05) is 18.3 Å². The maximum absolute atomic E-state index is 9.81. The Labute approximate surface area is 114 Å². The van der Waals surface area contributed by atoms with Gasteiger partial charge in [-0.25, -0.2) is 0 Å². The van der Waals surface area contributed by atoms with Gasteiger partial charge in [-0.05, 0) is 55.0 Å². The molecule has 0 spiro atoms. The van der Waals surface area contributed by atoms with Gasteiger partial charge in [-0.3, -0.25) is 4.68 Å². The Bertz CT molecular complexity index is 547. The van der Waals surface area contributed by atoms with Crippen molar-refractivity contribution in [3.63, 3.8) is 0 Å². The molecule has 0 saturated carbocycles. The van der Waals surface area contributed by atoms with Gasteiger partial charge in [0.25, 0.3) is 0 Å². The second-order valence-electron chi connectivity index (χ2n) is 5.63. The molecule has 19 heavy (non-hydrogen) atoms. The van der Waals surface area contributed by atoms with Gasteiger partial charge in [0.15, 0.2) is 0 Å². The standard InChI is InChI=1S/C16H22N2O/c1-11(2)5-6-18-10-15(9-17-18)14-7-12(3)16(19)13(4)8-14/h7-11,19H,5-6H2,1-4H3. The molecule has 0 aliphatic rings. The molecule has 1 aromatic carbocycles. The lowest BCUT2D eigenvalue weighted by atomic mass is 10.0. The summed E-state index contributed by atoms with van der Waals surface area (Å²) < 4.78 is 1.99. The first-order chi connectivity index (χ1) is 8.97. The van der Waals surface area contributed by atoms with E-state index in [9.17, 15) is 5.11 Å². The first kappa shape index (κ1) is 13.7. The van der Waals surface area contributed by atoms with Crippen LogP contribution in [0.1, 0.15) is 31.4 Å². The zero-order chi connectivity index (χ0) is 14.0. The quantitative estimate of drug-likeness (QED) is 0.902. The number of hydrogen-bond acceptors (Lipinski definition) is 2. The summed E-state index contributed by atoms with van der Waals surface area (Å²) in [4.78, 5) is 0. The van der Waals surface area contributed by atoms with E-state index < -0.39 is 0 Å². The molecule has 0 atom stereocenters. The predicted octanol–water partition coefficient (Wildman–Crippen LogP) is 3.92. The summed E-state index contributed by atoms with van der Waals surface area (Å²) in [5, 5.41) is 14.2. The molecule has 3 heteroatoms. The van der Waals surface area contributed by atoms with Gasteiger partial charge in [-0.15, -0.1) is 0 Å². The summed E-state index contributed by atoms with van der Waals surface area (Å²) in [5.74, 6) is 1.07. The van der Waals surface area contributed by atoms with Crippen molar-refractivity contribution in [2.24, 2.45) is 5.92 Å². The van der Waals surface area contributed by atoms with Gasteiger partial charge in [0.1, 0.15) is 5.75 Å². The van der Waals surface area contributed by atoms with Crippen molar-refractivity contribution >= 4 is 0 Å². The molecule has 0 unspecified atom stereocenters. The van der Waals surface area contributed by atoms with Crippen LogP contribution in [0.4, 0.5) is 0 Å². The molecule has 1 aromatic heterocycles. The zero-order valence-electron chi connectivity index (χ0n) is 12.1. The monoisotopic (exact) mass is 258 g/mol. The highest BCUT2D eigenvalue weighted by molar-refractivity contribution is 5.65. The van der Waals surface area contributed by atoms with Crippen LogP contribution in [0.15, 0.2) is 24.5 Å². The van der Waals surface area contributed by atoms with Crippen LogP contribution in [0.2, 0.25) is 0 Å². The van der Waals surface area contributed by atoms with Crippen LogP contribution in [-0.2, 0) is 6.54 Å². The van der Waals surface area contributed by atoms with Crippen molar-refractivity contribution < 1.29 is 5.11 Å². The smallest absolute Gasteiger partial charge is 0.121 e. The second kappa shape index (κ2) is 5.47. The van der Waals surface area contributed by atoms with E-state index >= 15 is 0 Å². The van der Waals surface area contributed by atoms with Crippen LogP contribution in [-0.4, -0.2) is 14.9 Å². The van der Waals surface area contributed by atoms with Crippen molar-refractivity contribution in [3.05, 3.63) is 35.7 Å². The number of benzene rings is 1. The molecule has 1 N–H and O–H groups in total. The highest BCUT2D eigenvalue weighted by Gasteiger charge is 2.07. The van der Waals surface area contributed by atoms with Crippen molar-refractivity contribution in [2.75, 3.05) is 0 Å². The highest BCUT2D eigenvalue weighted by atomic mass is 16.3. The number of rotatable bonds is 4. The average Bonchev–Trinajstić information content (AvgIpc) is 2.81. The van der Waals surface area contributed by atoms with E-state index in [1.807, 2.05) is 36.9 Å². The van der Waals surface area contributed by atoms with Crippen LogP contribution in [0.3, 0.4) is 0 Å². The van der Waals surface area contributed by atoms with E-state index in [1.54, 1.807) is 0 Å². The van der Waals surface area contributed by atoms with Gasteiger partial charge in [-0.1, -0.05) is 13.8 Å². The number of aromatic hydroxyl groups is 1. The minimum atomic E-state index is 0.385. The molecule has 0 aliphatic heterocycles. The minimum Gasteiger partial charge on any atom is -0.507 e. The third-order valence-electron chi connectivity index (χ3n) is 3.39. The first-order valence-corrected chi connectivity index (χ1v) is 6.80. The summed E-state index contributed by atoms with van der Waals surface area (Å²) in [6, 6.07) is 4.01. The van der Waals surface area contributed by atoms with Crippen LogP contribution >= 0.6 is 0 Å². The fourth-order valence-corrected chi connectivity index (χ4v) is 2.15. The van der Waals surface area contributed by atoms with Crippen LogP contribution in [0, 0.1) is 19.8 Å². The van der Waals surface area contributed by atoms with E-state index in [0.29, 0.717) is 11.7 Å². The molecular weight excluding hydrogens is 236 g/mol. The topological polar surface area (TPSA) is 38.0 Å². The lowest BCUT2D eigenvalue weighted by Crippen LogP contribution is -2.01. The van der Waals surface area contributed by atoms with Crippen molar-refractivity contribution in [3.8, 4) is 16.9 Å². The zero-order valence-corrected chi connectivity index (χ0v) is 12.1. The Morgan fingerprint density at radius 2 is 1.79 bits per heavy atom. The van der Waals surface area contributed by atoms with Gasteiger partial charge >= 0.3 is 0 Å². The number of aromatic nitrogens is 2. The fourth-order valence-electron chi connectivity index (χ4n) is 2.15. The van der Waals surface area contributed by atoms with Crippen molar-refractivity contribution in [2.45, 2.75) is 40.7 Å². The van der Waals surface area contributed by atoms with Crippen molar-refractivity contribution in [1.29, 1.82) is 0 Å². The molecule has 102 valence electrons. The van der Waals surface area contributed by atoms with Gasteiger partial charge < -0.3 is 5.11 Å². The summed E-state index contributed by atoms with van der Waals surface area (Å²) in [6.07, 6.45) is 5.11. The summed E-state index contributed by atoms with van der Waals surface area (Å²) in [7, 11) is 0. The predicted molar refractivity (Wildman–Crippen MR) is 78.3 cm³/mol. The Morgan fingerprint density at radius 3 is 2.37 bits per heavy atom. The SMILES string of the molecule is Cc1cc(-c2cnn(CCC(C)C)c2)cc(C)c1O. The van der Waals surface area contributed by atoms with Gasteiger partial charge in [0.05, 0.1) is 6.20 Å². The van der Waals surface area contributed by atoms with Gasteiger partial charge in [-0.2, -0.15) is 5.10 Å². The summed E-state index contributed by atoms with van der Waals surface area (Å²) in [6.45, 7) is 9.24. The van der Waals surface area contributed by atoms with E-state index in [4.69, 9.17) is 0 Å². The number of hydrogen-bond donors (Lipinski definition) is 1. The molecule has 0 amide bonds. The maximum atomic E-state index is 9.81. The molecule has 3 nitrogen and oxygen atoms in total. The second-order valence-corrected chi connectivity index (χ2v) is 5.63. The minimum absolute atomic E-state index is 0.385. The highest BCUT2D eigenvalue weighted by Crippen LogP contribution is 2.28.